The van der Waals surface area contributed by atoms with E-state index in [9.17, 15) is 0 Å². The normalized spacial score (nSPS) is 9.10. The van der Waals surface area contributed by atoms with Crippen molar-refractivity contribution in [3.05, 3.63) is 23.4 Å². The average molecular weight is 535 g/mol. The van der Waals surface area contributed by atoms with Crippen LogP contribution >= 0.6 is 11.6 Å². The molecule has 0 aliphatic rings. The Morgan fingerprint density at radius 3 is 2.50 bits per heavy atom. The Hall–Kier alpha value is 1.08. The fourth-order valence-corrected chi connectivity index (χ4v) is 1.82. The van der Waals surface area contributed by atoms with E-state index in [-0.39, 0.29) is 0 Å². The molecular weight excluding hydrogens is 532 g/mol. The second kappa shape index (κ2) is 4.20. The second-order valence-corrected chi connectivity index (χ2v) is 15.5. The van der Waals surface area contributed by atoms with E-state index in [4.69, 9.17) is 11.6 Å². The van der Waals surface area contributed by atoms with E-state index in [1.165, 1.54) is 0 Å². The van der Waals surface area contributed by atoms with Gasteiger partial charge in [-0.25, -0.2) is 0 Å². The Morgan fingerprint density at radius 2 is 2.10 bits per heavy atom. The average Bonchev–Trinajstić information content (AvgIpc) is 1.88. The molecule has 0 amide bonds. The maximum atomic E-state index is 5.66. The van der Waals surface area contributed by atoms with Gasteiger partial charge in [-0.3, -0.25) is 0 Å². The van der Waals surface area contributed by atoms with E-state index in [0.717, 1.165) is 57.9 Å². The number of hydrogen-bond donors (Lipinski definition) is 0. The molecule has 0 aliphatic heterocycles. The molecule has 0 unspecified atom stereocenters. The van der Waals surface area contributed by atoms with Crippen LogP contribution in [0.5, 0.6) is 0 Å². The quantitative estimate of drug-likeness (QED) is 0.493. The third-order valence-electron chi connectivity index (χ3n) is 0.976. The third kappa shape index (κ3) is 2.61. The van der Waals surface area contributed by atoms with Crippen molar-refractivity contribution in [2.24, 2.45) is 0 Å². The van der Waals surface area contributed by atoms with Crippen LogP contribution in [0.15, 0.2) is 18.3 Å². The van der Waals surface area contributed by atoms with Gasteiger partial charge in [-0.05, 0) is 0 Å². The van der Waals surface area contributed by atoms with Gasteiger partial charge in [-0.15, -0.1) is 0 Å². The summed E-state index contributed by atoms with van der Waals surface area (Å²) in [6.45, 7) is 0. The van der Waals surface area contributed by atoms with Gasteiger partial charge in [-0.1, -0.05) is 0 Å². The van der Waals surface area contributed by atoms with Crippen molar-refractivity contribution in [3.63, 3.8) is 0 Å². The van der Waals surface area contributed by atoms with E-state index in [1.54, 1.807) is 6.20 Å². The van der Waals surface area contributed by atoms with Gasteiger partial charge in [0.1, 0.15) is 0 Å². The molecule has 2 nitrogen and oxygen atoms in total. The molecule has 0 atom stereocenters. The monoisotopic (exact) mass is 536 g/mol. The van der Waals surface area contributed by atoms with Gasteiger partial charge >= 0.3 is 98.4 Å². The zero-order valence-corrected chi connectivity index (χ0v) is 14.9. The Kier molecular flexibility index (Phi) is 3.85. The zero-order valence-electron chi connectivity index (χ0n) is 5.16. The number of aromatic nitrogens is 1. The van der Waals surface area contributed by atoms with E-state index in [1.807, 2.05) is 12.1 Å². The Labute approximate surface area is 97.2 Å². The van der Waals surface area contributed by atoms with Crippen molar-refractivity contribution >= 4 is 69.5 Å². The van der Waals surface area contributed by atoms with E-state index >= 15 is 0 Å². The van der Waals surface area contributed by atoms with Gasteiger partial charge < -0.3 is 0 Å². The molecular formula is C5H3ClN2Tl2. The first-order valence-electron chi connectivity index (χ1n) is 2.61. The predicted molar refractivity (Wildman–Crippen MR) is 43.2 cm³/mol. The van der Waals surface area contributed by atoms with Gasteiger partial charge in [-0.2, -0.15) is 0 Å². The van der Waals surface area contributed by atoms with Crippen LogP contribution in [0.3, 0.4) is 0 Å². The van der Waals surface area contributed by atoms with Crippen molar-refractivity contribution < 1.29 is 0 Å². The molecule has 0 spiro atoms. The van der Waals surface area contributed by atoms with Crippen LogP contribution in [0.2, 0.25) is 5.02 Å². The fourth-order valence-electron chi connectivity index (χ4n) is 0.521. The summed E-state index contributed by atoms with van der Waals surface area (Å²) in [5.74, 6) is 1.07. The summed E-state index contributed by atoms with van der Waals surface area (Å²) in [7, 11) is 0. The van der Waals surface area contributed by atoms with Crippen LogP contribution in [-0.4, -0.2) is 57.1 Å². The van der Waals surface area contributed by atoms with E-state index in [0.29, 0.717) is 5.02 Å². The first kappa shape index (κ1) is 9.17. The summed E-state index contributed by atoms with van der Waals surface area (Å²) in [6.07, 6.45) is 1.69. The van der Waals surface area contributed by atoms with Gasteiger partial charge in [0, 0.05) is 0 Å². The molecule has 0 radical (unpaired) electrons. The summed E-state index contributed by atoms with van der Waals surface area (Å²) < 4.78 is 2.26. The van der Waals surface area contributed by atoms with Gasteiger partial charge in [0.05, 0.1) is 0 Å². The summed E-state index contributed by atoms with van der Waals surface area (Å²) in [4.78, 5) is 4.16. The van der Waals surface area contributed by atoms with Crippen LogP contribution in [0.25, 0.3) is 0 Å². The first-order chi connectivity index (χ1) is 4.70. The molecule has 1 aromatic rings. The van der Waals surface area contributed by atoms with Crippen LogP contribution in [0, 0.1) is 0 Å². The number of halogens is 1. The Balaban J connectivity index is 2.89. The zero-order chi connectivity index (χ0) is 7.56. The second-order valence-electron chi connectivity index (χ2n) is 1.74. The summed E-state index contributed by atoms with van der Waals surface area (Å²) in [5.41, 5.74) is 0. The SMILES string of the molecule is Clc1ccc([N]([Tl])[Tl])nc1. The standard InChI is InChI=1S/C5H3ClN2.2Tl/c6-4-1-2-5(7)8-3-4;;/h1-3H;;. The third-order valence-corrected chi connectivity index (χ3v) is 3.26. The summed E-state index contributed by atoms with van der Waals surface area (Å²) >= 11 is 7.39. The molecule has 0 aromatic carbocycles. The van der Waals surface area contributed by atoms with Crippen molar-refractivity contribution in [1.82, 2.24) is 4.98 Å². The van der Waals surface area contributed by atoms with Crippen molar-refractivity contribution in [2.45, 2.75) is 0 Å². The topological polar surface area (TPSA) is 16.1 Å². The first-order valence-corrected chi connectivity index (χ1v) is 7.00. The van der Waals surface area contributed by atoms with Gasteiger partial charge in [0.2, 0.25) is 0 Å². The van der Waals surface area contributed by atoms with Crippen LogP contribution in [0.4, 0.5) is 5.82 Å². The number of hydrogen-bond acceptors (Lipinski definition) is 2. The summed E-state index contributed by atoms with van der Waals surface area (Å²) in [5, 5.41) is 0.709. The molecule has 1 aromatic heterocycles. The fraction of sp³-hybridized carbons (Fsp3) is 0. The number of rotatable bonds is 1. The number of pyridine rings is 1. The minimum absolute atomic E-state index is 0.709. The van der Waals surface area contributed by atoms with E-state index in [2.05, 4.69) is 5.50 Å². The van der Waals surface area contributed by atoms with Crippen LogP contribution in [-0.2, 0) is 0 Å². The molecule has 46 valence electrons. The maximum absolute atomic E-state index is 5.66. The molecule has 0 aliphatic carbocycles. The molecule has 10 heavy (non-hydrogen) atoms. The molecule has 1 heterocycles. The Bertz CT molecular complexity index is 211. The molecule has 0 bridgehead atoms. The van der Waals surface area contributed by atoms with Crippen molar-refractivity contribution in [1.29, 1.82) is 0 Å². The van der Waals surface area contributed by atoms with E-state index < -0.39 is 0 Å². The molecule has 1 rings (SSSR count). The number of anilines is 1. The Morgan fingerprint density at radius 1 is 1.40 bits per heavy atom. The summed E-state index contributed by atoms with van der Waals surface area (Å²) in [6, 6.07) is 3.84. The van der Waals surface area contributed by atoms with Gasteiger partial charge in [0.25, 0.3) is 0 Å². The van der Waals surface area contributed by atoms with Crippen LogP contribution in [0.1, 0.15) is 0 Å². The minimum atomic E-state index is 0.709. The molecule has 0 saturated heterocycles. The van der Waals surface area contributed by atoms with Gasteiger partial charge in [0.15, 0.2) is 0 Å². The van der Waals surface area contributed by atoms with Crippen molar-refractivity contribution in [2.75, 3.05) is 0.519 Å². The molecule has 0 saturated carbocycles. The number of nitrogens with zero attached hydrogens (tertiary/aromatic N) is 2. The van der Waals surface area contributed by atoms with Crippen molar-refractivity contribution in [3.8, 4) is 0 Å². The molecule has 0 N–H and O–H groups in total. The van der Waals surface area contributed by atoms with Crippen LogP contribution < -0.4 is 0.519 Å². The molecule has 0 fully saturated rings. The molecule has 5 heteroatoms. The predicted octanol–water partition coefficient (Wildman–Crippen LogP) is 0.708.